The first-order valence-electron chi connectivity index (χ1n) is 8.27. The van der Waals surface area contributed by atoms with Crippen molar-refractivity contribution in [3.05, 3.63) is 11.6 Å². The molecular formula is C16H23Cl2N3O2. The summed E-state index contributed by atoms with van der Waals surface area (Å²) in [7, 11) is 0. The number of halogens is 2. The van der Waals surface area contributed by atoms with E-state index in [9.17, 15) is 4.79 Å². The topological polar surface area (TPSA) is 62.7 Å². The Labute approximate surface area is 146 Å². The van der Waals surface area contributed by atoms with E-state index in [1.165, 1.54) is 0 Å². The second-order valence-corrected chi connectivity index (χ2v) is 7.72. The molecule has 1 aliphatic carbocycles. The van der Waals surface area contributed by atoms with E-state index in [4.69, 9.17) is 27.9 Å². The van der Waals surface area contributed by atoms with Crippen molar-refractivity contribution in [3.8, 4) is 0 Å². The van der Waals surface area contributed by atoms with Gasteiger partial charge in [-0.25, -0.2) is 5.43 Å². The highest BCUT2D eigenvalue weighted by atomic mass is 35.5. The molecule has 0 radical (unpaired) electrons. The molecule has 1 saturated heterocycles. The van der Waals surface area contributed by atoms with Crippen LogP contribution in [0.5, 0.6) is 0 Å². The highest BCUT2D eigenvalue weighted by molar-refractivity contribution is 6.24. The molecule has 23 heavy (non-hydrogen) atoms. The van der Waals surface area contributed by atoms with Gasteiger partial charge in [-0.05, 0) is 37.8 Å². The normalized spacial score (nSPS) is 38.0. The number of amides is 1. The first-order chi connectivity index (χ1) is 11.1. The van der Waals surface area contributed by atoms with Gasteiger partial charge in [0, 0.05) is 17.8 Å². The lowest BCUT2D eigenvalue weighted by Crippen LogP contribution is -2.42. The lowest BCUT2D eigenvalue weighted by molar-refractivity contribution is -0.125. The summed E-state index contributed by atoms with van der Waals surface area (Å²) in [4.78, 5) is 12.0. The molecular weight excluding hydrogens is 337 g/mol. The number of nitrogens with one attached hydrogen (secondary N) is 2. The first kappa shape index (κ1) is 17.2. The third kappa shape index (κ3) is 4.47. The Morgan fingerprint density at radius 2 is 2.30 bits per heavy atom. The number of carbonyl (C=O) groups excluding carboxylic acids is 1. The number of hydrogen-bond acceptors (Lipinski definition) is 4. The van der Waals surface area contributed by atoms with Crippen LogP contribution in [0.15, 0.2) is 16.8 Å². The second kappa shape index (κ2) is 7.97. The van der Waals surface area contributed by atoms with Gasteiger partial charge in [0.2, 0.25) is 5.91 Å². The molecule has 0 spiro atoms. The standard InChI is InChI=1S/C16H23Cl2N3O2/c17-13-5-12-4-10(9-23-15(12)14(18)6-13)7-20-21-16(22)11-2-1-3-19-8-11/h4,7,11-15,19H,1-3,5-6,8-9H2,(H,21,22)/b20-7+. The lowest BCUT2D eigenvalue weighted by Gasteiger charge is -2.38. The summed E-state index contributed by atoms with van der Waals surface area (Å²) in [5, 5.41) is 7.36. The Morgan fingerprint density at radius 3 is 3.09 bits per heavy atom. The number of ether oxygens (including phenoxy) is 1. The van der Waals surface area contributed by atoms with Crippen molar-refractivity contribution in [2.75, 3.05) is 19.7 Å². The summed E-state index contributed by atoms with van der Waals surface area (Å²) >= 11 is 12.6. The molecule has 2 fully saturated rings. The summed E-state index contributed by atoms with van der Waals surface area (Å²) in [6, 6.07) is 0. The van der Waals surface area contributed by atoms with E-state index < -0.39 is 0 Å². The van der Waals surface area contributed by atoms with Crippen molar-refractivity contribution in [1.29, 1.82) is 0 Å². The smallest absolute Gasteiger partial charge is 0.244 e. The van der Waals surface area contributed by atoms with Crippen molar-refractivity contribution >= 4 is 35.3 Å². The first-order valence-corrected chi connectivity index (χ1v) is 9.15. The largest absolute Gasteiger partial charge is 0.371 e. The number of hydrogen-bond donors (Lipinski definition) is 2. The molecule has 1 amide bonds. The van der Waals surface area contributed by atoms with Gasteiger partial charge in [-0.1, -0.05) is 6.08 Å². The predicted octanol–water partition coefficient (Wildman–Crippen LogP) is 2.04. The molecule has 0 aromatic heterocycles. The van der Waals surface area contributed by atoms with E-state index >= 15 is 0 Å². The van der Waals surface area contributed by atoms with Crippen LogP contribution in [0.4, 0.5) is 0 Å². The van der Waals surface area contributed by atoms with Gasteiger partial charge in [-0.2, -0.15) is 5.10 Å². The molecule has 0 bridgehead atoms. The molecule has 5 nitrogen and oxygen atoms in total. The molecule has 2 heterocycles. The molecule has 128 valence electrons. The van der Waals surface area contributed by atoms with E-state index in [2.05, 4.69) is 21.9 Å². The van der Waals surface area contributed by atoms with E-state index in [1.807, 2.05) is 0 Å². The van der Waals surface area contributed by atoms with Crippen LogP contribution in [0.25, 0.3) is 0 Å². The van der Waals surface area contributed by atoms with Gasteiger partial charge in [0.25, 0.3) is 0 Å². The molecule has 2 aliphatic heterocycles. The number of fused-ring (bicyclic) bond motifs is 1. The van der Waals surface area contributed by atoms with Gasteiger partial charge in [-0.3, -0.25) is 4.79 Å². The molecule has 7 heteroatoms. The summed E-state index contributed by atoms with van der Waals surface area (Å²) < 4.78 is 5.86. The van der Waals surface area contributed by atoms with Crippen LogP contribution in [0, 0.1) is 11.8 Å². The van der Waals surface area contributed by atoms with Crippen LogP contribution in [-0.4, -0.2) is 48.7 Å². The molecule has 1 saturated carbocycles. The van der Waals surface area contributed by atoms with Crippen molar-refractivity contribution in [2.24, 2.45) is 16.9 Å². The van der Waals surface area contributed by atoms with Crippen LogP contribution in [-0.2, 0) is 9.53 Å². The maximum absolute atomic E-state index is 12.0. The van der Waals surface area contributed by atoms with Gasteiger partial charge in [-0.15, -0.1) is 23.2 Å². The maximum Gasteiger partial charge on any atom is 0.244 e. The zero-order chi connectivity index (χ0) is 16.2. The highest BCUT2D eigenvalue weighted by Gasteiger charge is 2.38. The van der Waals surface area contributed by atoms with Crippen LogP contribution in [0.3, 0.4) is 0 Å². The molecule has 0 aromatic rings. The zero-order valence-electron chi connectivity index (χ0n) is 13.0. The minimum atomic E-state index is -0.0375. The monoisotopic (exact) mass is 359 g/mol. The predicted molar refractivity (Wildman–Crippen MR) is 92.1 cm³/mol. The van der Waals surface area contributed by atoms with E-state index in [1.54, 1.807) is 6.21 Å². The van der Waals surface area contributed by atoms with Crippen LogP contribution in [0.2, 0.25) is 0 Å². The molecule has 3 rings (SSSR count). The number of nitrogens with zero attached hydrogens (tertiary/aromatic N) is 1. The van der Waals surface area contributed by atoms with Crippen molar-refractivity contribution < 1.29 is 9.53 Å². The number of hydrazone groups is 1. The SMILES string of the molecule is O=C(N/N=C/C1=CC2CC(Cl)CC(Cl)C2OC1)C1CCCNC1. The summed E-state index contributed by atoms with van der Waals surface area (Å²) in [6.45, 7) is 2.19. The summed E-state index contributed by atoms with van der Waals surface area (Å²) in [5.41, 5.74) is 3.59. The second-order valence-electron chi connectivity index (χ2n) is 6.54. The fraction of sp³-hybridized carbons (Fsp3) is 0.750. The van der Waals surface area contributed by atoms with Gasteiger partial charge >= 0.3 is 0 Å². The van der Waals surface area contributed by atoms with E-state index in [0.29, 0.717) is 6.61 Å². The lowest BCUT2D eigenvalue weighted by atomic mass is 9.83. The van der Waals surface area contributed by atoms with E-state index in [-0.39, 0.29) is 34.6 Å². The number of carbonyl (C=O) groups is 1. The van der Waals surface area contributed by atoms with Crippen LogP contribution in [0.1, 0.15) is 25.7 Å². The molecule has 2 N–H and O–H groups in total. The van der Waals surface area contributed by atoms with Crippen LogP contribution < -0.4 is 10.7 Å². The van der Waals surface area contributed by atoms with Crippen molar-refractivity contribution in [1.82, 2.24) is 10.7 Å². The fourth-order valence-corrected chi connectivity index (χ4v) is 4.47. The number of rotatable bonds is 3. The maximum atomic E-state index is 12.0. The van der Waals surface area contributed by atoms with Gasteiger partial charge in [0.15, 0.2) is 0 Å². The molecule has 5 unspecified atom stereocenters. The Morgan fingerprint density at radius 1 is 1.43 bits per heavy atom. The Kier molecular flexibility index (Phi) is 5.96. The van der Waals surface area contributed by atoms with Crippen molar-refractivity contribution in [2.45, 2.75) is 42.5 Å². The highest BCUT2D eigenvalue weighted by Crippen LogP contribution is 2.37. The third-order valence-electron chi connectivity index (χ3n) is 4.73. The average molecular weight is 360 g/mol. The summed E-state index contributed by atoms with van der Waals surface area (Å²) in [6.07, 6.45) is 7.44. The minimum Gasteiger partial charge on any atom is -0.371 e. The third-order valence-corrected chi connectivity index (χ3v) is 5.51. The Bertz CT molecular complexity index is 492. The summed E-state index contributed by atoms with van der Waals surface area (Å²) in [5.74, 6) is 0.208. The van der Waals surface area contributed by atoms with Crippen LogP contribution >= 0.6 is 23.2 Å². The zero-order valence-corrected chi connectivity index (χ0v) is 14.5. The quantitative estimate of drug-likeness (QED) is 0.460. The molecule has 0 aromatic carbocycles. The van der Waals surface area contributed by atoms with Gasteiger partial charge in [0.1, 0.15) is 0 Å². The molecule has 5 atom stereocenters. The molecule has 3 aliphatic rings. The van der Waals surface area contributed by atoms with Gasteiger partial charge < -0.3 is 10.1 Å². The van der Waals surface area contributed by atoms with Gasteiger partial charge in [0.05, 0.1) is 30.2 Å². The van der Waals surface area contributed by atoms with E-state index in [0.717, 1.165) is 44.3 Å². The number of piperidine rings is 1. The Hall–Kier alpha value is -0.620. The fourth-order valence-electron chi connectivity index (χ4n) is 3.50. The Balaban J connectivity index is 1.53. The minimum absolute atomic E-state index is 0.00854. The average Bonchev–Trinajstić information content (AvgIpc) is 2.55. The van der Waals surface area contributed by atoms with Crippen molar-refractivity contribution in [3.63, 3.8) is 0 Å². The number of alkyl halides is 2.